The van der Waals surface area contributed by atoms with Gasteiger partial charge in [0.25, 0.3) is 0 Å². The molecule has 0 aromatic carbocycles. The predicted molar refractivity (Wildman–Crippen MR) is 95.0 cm³/mol. The summed E-state index contributed by atoms with van der Waals surface area (Å²) in [6.45, 7) is 14.6. The SMILES string of the molecule is CCCC1=C(CCC(=O)O)C2OC2(C(C)(C)C)C(O)=C1C(C)(C)C. The first-order valence-corrected chi connectivity index (χ1v) is 8.94. The summed E-state index contributed by atoms with van der Waals surface area (Å²) in [5.41, 5.74) is 1.96. The van der Waals surface area contributed by atoms with Crippen molar-refractivity contribution in [2.45, 2.75) is 85.9 Å². The molecule has 1 saturated heterocycles. The summed E-state index contributed by atoms with van der Waals surface area (Å²) in [5.74, 6) is -0.438. The van der Waals surface area contributed by atoms with E-state index in [0.29, 0.717) is 12.2 Å². The van der Waals surface area contributed by atoms with Crippen LogP contribution in [0.3, 0.4) is 0 Å². The number of aliphatic hydroxyl groups is 1. The lowest BCUT2D eigenvalue weighted by molar-refractivity contribution is -0.136. The average molecular weight is 336 g/mol. The fourth-order valence-electron chi connectivity index (χ4n) is 4.09. The summed E-state index contributed by atoms with van der Waals surface area (Å²) in [6.07, 6.45) is 2.19. The molecule has 0 radical (unpaired) electrons. The Balaban J connectivity index is 2.64. The van der Waals surface area contributed by atoms with Gasteiger partial charge in [0, 0.05) is 17.4 Å². The number of aliphatic carboxylic acids is 1. The van der Waals surface area contributed by atoms with E-state index in [4.69, 9.17) is 9.84 Å². The van der Waals surface area contributed by atoms with E-state index in [0.717, 1.165) is 29.6 Å². The molecule has 4 heteroatoms. The van der Waals surface area contributed by atoms with E-state index in [9.17, 15) is 9.90 Å². The van der Waals surface area contributed by atoms with Crippen LogP contribution < -0.4 is 0 Å². The molecule has 1 fully saturated rings. The lowest BCUT2D eigenvalue weighted by Gasteiger charge is -2.38. The maximum atomic E-state index is 11.2. The number of epoxide rings is 1. The highest BCUT2D eigenvalue weighted by Crippen LogP contribution is 2.63. The standard InChI is InChI=1S/C20H32O4/c1-8-9-12-13(10-11-14(21)22)17-20(24-17,19(5,6)7)16(23)15(12)18(2,3)4/h17,23H,8-11H2,1-7H3,(H,21,22). The Morgan fingerprint density at radius 3 is 2.17 bits per heavy atom. The van der Waals surface area contributed by atoms with E-state index in [1.807, 2.05) is 0 Å². The van der Waals surface area contributed by atoms with Gasteiger partial charge in [-0.3, -0.25) is 4.79 Å². The number of carboxylic acid groups (broad SMARTS) is 1. The van der Waals surface area contributed by atoms with Gasteiger partial charge in [0.05, 0.1) is 0 Å². The highest BCUT2D eigenvalue weighted by atomic mass is 16.6. The summed E-state index contributed by atoms with van der Waals surface area (Å²) < 4.78 is 6.13. The maximum absolute atomic E-state index is 11.2. The summed E-state index contributed by atoms with van der Waals surface area (Å²) in [6, 6.07) is 0. The number of ether oxygens (including phenoxy) is 1. The van der Waals surface area contributed by atoms with E-state index < -0.39 is 11.6 Å². The van der Waals surface area contributed by atoms with Gasteiger partial charge < -0.3 is 14.9 Å². The Morgan fingerprint density at radius 2 is 1.75 bits per heavy atom. The van der Waals surface area contributed by atoms with Crippen LogP contribution in [-0.4, -0.2) is 27.9 Å². The first-order valence-electron chi connectivity index (χ1n) is 8.94. The van der Waals surface area contributed by atoms with Crippen molar-refractivity contribution < 1.29 is 19.7 Å². The Kier molecular flexibility index (Phi) is 4.68. The van der Waals surface area contributed by atoms with Crippen LogP contribution in [0.2, 0.25) is 0 Å². The molecule has 0 spiro atoms. The van der Waals surface area contributed by atoms with E-state index in [2.05, 4.69) is 48.5 Å². The Morgan fingerprint density at radius 1 is 1.17 bits per heavy atom. The Labute approximate surface area is 145 Å². The third-order valence-electron chi connectivity index (χ3n) is 5.18. The molecule has 0 amide bonds. The zero-order valence-electron chi connectivity index (χ0n) is 16.1. The lowest BCUT2D eigenvalue weighted by Crippen LogP contribution is -2.40. The van der Waals surface area contributed by atoms with Crippen LogP contribution in [0.15, 0.2) is 22.5 Å². The smallest absolute Gasteiger partial charge is 0.303 e. The normalized spacial score (nSPS) is 27.4. The van der Waals surface area contributed by atoms with Crippen LogP contribution in [0.25, 0.3) is 0 Å². The van der Waals surface area contributed by atoms with Crippen molar-refractivity contribution in [3.05, 3.63) is 22.5 Å². The first kappa shape index (κ1) is 19.0. The Bertz CT molecular complexity index is 598. The predicted octanol–water partition coefficient (Wildman–Crippen LogP) is 5.00. The number of fused-ring (bicyclic) bond motifs is 1. The molecule has 24 heavy (non-hydrogen) atoms. The minimum absolute atomic E-state index is 0.0980. The highest BCUT2D eigenvalue weighted by Gasteiger charge is 2.70. The van der Waals surface area contributed by atoms with Gasteiger partial charge in [-0.05, 0) is 29.4 Å². The molecule has 1 heterocycles. The summed E-state index contributed by atoms with van der Waals surface area (Å²) in [7, 11) is 0. The molecule has 0 bridgehead atoms. The van der Waals surface area contributed by atoms with Crippen LogP contribution in [0.5, 0.6) is 0 Å². The van der Waals surface area contributed by atoms with Crippen LogP contribution >= 0.6 is 0 Å². The maximum Gasteiger partial charge on any atom is 0.303 e. The van der Waals surface area contributed by atoms with Gasteiger partial charge in [-0.2, -0.15) is 0 Å². The zero-order valence-corrected chi connectivity index (χ0v) is 16.1. The fraction of sp³-hybridized carbons (Fsp3) is 0.750. The molecule has 2 unspecified atom stereocenters. The minimum Gasteiger partial charge on any atom is -0.509 e. The zero-order chi connectivity index (χ0) is 18.5. The van der Waals surface area contributed by atoms with E-state index in [1.165, 1.54) is 0 Å². The van der Waals surface area contributed by atoms with Crippen LogP contribution in [0.4, 0.5) is 0 Å². The second-order valence-corrected chi connectivity index (χ2v) is 9.10. The second-order valence-electron chi connectivity index (χ2n) is 9.10. The van der Waals surface area contributed by atoms with Crippen molar-refractivity contribution in [1.82, 2.24) is 0 Å². The Hall–Kier alpha value is -1.29. The molecular weight excluding hydrogens is 304 g/mol. The molecule has 0 aromatic rings. The fourth-order valence-corrected chi connectivity index (χ4v) is 4.09. The average Bonchev–Trinajstić information content (AvgIpc) is 3.13. The van der Waals surface area contributed by atoms with Crippen molar-refractivity contribution in [1.29, 1.82) is 0 Å². The molecule has 4 nitrogen and oxygen atoms in total. The van der Waals surface area contributed by atoms with Gasteiger partial charge in [0.2, 0.25) is 0 Å². The van der Waals surface area contributed by atoms with E-state index >= 15 is 0 Å². The number of carbonyl (C=O) groups is 1. The van der Waals surface area contributed by atoms with Crippen molar-refractivity contribution in [2.24, 2.45) is 10.8 Å². The van der Waals surface area contributed by atoms with Crippen molar-refractivity contribution >= 4 is 5.97 Å². The molecule has 0 saturated carbocycles. The summed E-state index contributed by atoms with van der Waals surface area (Å²) >= 11 is 0. The number of aliphatic hydroxyl groups excluding tert-OH is 1. The number of allylic oxidation sites excluding steroid dienone is 2. The van der Waals surface area contributed by atoms with Crippen LogP contribution in [0.1, 0.15) is 74.1 Å². The molecule has 136 valence electrons. The van der Waals surface area contributed by atoms with Gasteiger partial charge in [-0.1, -0.05) is 54.9 Å². The molecule has 1 aliphatic carbocycles. The van der Waals surface area contributed by atoms with Gasteiger partial charge in [0.15, 0.2) is 5.60 Å². The molecule has 2 aliphatic rings. The van der Waals surface area contributed by atoms with Gasteiger partial charge in [-0.15, -0.1) is 0 Å². The number of hydrogen-bond donors (Lipinski definition) is 2. The van der Waals surface area contributed by atoms with E-state index in [-0.39, 0.29) is 23.4 Å². The highest BCUT2D eigenvalue weighted by molar-refractivity contribution is 5.67. The molecular formula is C20H32O4. The quantitative estimate of drug-likeness (QED) is 0.693. The molecule has 0 aromatic heterocycles. The molecule has 2 rings (SSSR count). The minimum atomic E-state index is -0.795. The molecule has 1 aliphatic heterocycles. The van der Waals surface area contributed by atoms with Crippen LogP contribution in [0, 0.1) is 10.8 Å². The third kappa shape index (κ3) is 2.90. The van der Waals surface area contributed by atoms with Gasteiger partial charge >= 0.3 is 5.97 Å². The molecule has 2 atom stereocenters. The number of carboxylic acids is 1. The molecule has 2 N–H and O–H groups in total. The van der Waals surface area contributed by atoms with Gasteiger partial charge in [-0.25, -0.2) is 0 Å². The summed E-state index contributed by atoms with van der Waals surface area (Å²) in [5, 5.41) is 20.3. The number of rotatable bonds is 5. The third-order valence-corrected chi connectivity index (χ3v) is 5.18. The second kappa shape index (κ2) is 5.91. The van der Waals surface area contributed by atoms with Crippen molar-refractivity contribution in [2.75, 3.05) is 0 Å². The summed E-state index contributed by atoms with van der Waals surface area (Å²) in [4.78, 5) is 11.1. The van der Waals surface area contributed by atoms with E-state index in [1.54, 1.807) is 0 Å². The monoisotopic (exact) mass is 336 g/mol. The lowest BCUT2D eigenvalue weighted by atomic mass is 9.65. The largest absolute Gasteiger partial charge is 0.509 e. The number of hydrogen-bond acceptors (Lipinski definition) is 3. The topological polar surface area (TPSA) is 70.1 Å². The van der Waals surface area contributed by atoms with Crippen molar-refractivity contribution in [3.8, 4) is 0 Å². The van der Waals surface area contributed by atoms with Gasteiger partial charge in [0.1, 0.15) is 11.9 Å². The first-order chi connectivity index (χ1) is 10.9. The van der Waals surface area contributed by atoms with Crippen LogP contribution in [-0.2, 0) is 9.53 Å². The van der Waals surface area contributed by atoms with Crippen molar-refractivity contribution in [3.63, 3.8) is 0 Å².